The van der Waals surface area contributed by atoms with Gasteiger partial charge in [-0.25, -0.2) is 0 Å². The molecule has 0 saturated carbocycles. The molecule has 72 valence electrons. The predicted octanol–water partition coefficient (Wildman–Crippen LogP) is 2.53. The summed E-state index contributed by atoms with van der Waals surface area (Å²) in [5.41, 5.74) is 8.78. The Balaban J connectivity index is 2.74. The standard InChI is InChI=1S/C12H19N/c1-3-10-7-5-6-8-11(10)9-12(13)4-2/h5-8,12H,3-4,9,13H2,1-2H3. The first kappa shape index (κ1) is 10.3. The second kappa shape index (κ2) is 5.03. The van der Waals surface area contributed by atoms with E-state index in [4.69, 9.17) is 5.73 Å². The Hall–Kier alpha value is -0.820. The SMILES string of the molecule is CCc1ccccc1CC(N)CC. The van der Waals surface area contributed by atoms with Crippen molar-refractivity contribution in [1.29, 1.82) is 0 Å². The zero-order valence-electron chi connectivity index (χ0n) is 8.59. The first-order valence-electron chi connectivity index (χ1n) is 5.10. The highest BCUT2D eigenvalue weighted by molar-refractivity contribution is 5.27. The predicted molar refractivity (Wildman–Crippen MR) is 57.8 cm³/mol. The van der Waals surface area contributed by atoms with Crippen LogP contribution in [0, 0.1) is 0 Å². The van der Waals surface area contributed by atoms with E-state index >= 15 is 0 Å². The summed E-state index contributed by atoms with van der Waals surface area (Å²) in [5.74, 6) is 0. The third-order valence-electron chi connectivity index (χ3n) is 2.51. The van der Waals surface area contributed by atoms with Gasteiger partial charge in [0.25, 0.3) is 0 Å². The highest BCUT2D eigenvalue weighted by Gasteiger charge is 2.04. The number of hydrogen-bond donors (Lipinski definition) is 1. The summed E-state index contributed by atoms with van der Waals surface area (Å²) in [6.07, 6.45) is 3.17. The molecule has 0 amide bonds. The van der Waals surface area contributed by atoms with Crippen LogP contribution in [0.5, 0.6) is 0 Å². The maximum Gasteiger partial charge on any atom is 0.00767 e. The van der Waals surface area contributed by atoms with Gasteiger partial charge >= 0.3 is 0 Å². The van der Waals surface area contributed by atoms with E-state index in [1.807, 2.05) is 0 Å². The Morgan fingerprint density at radius 2 is 1.77 bits per heavy atom. The molecule has 1 unspecified atom stereocenters. The molecule has 0 aromatic heterocycles. The van der Waals surface area contributed by atoms with Gasteiger partial charge < -0.3 is 5.73 Å². The van der Waals surface area contributed by atoms with Crippen LogP contribution < -0.4 is 5.73 Å². The first-order chi connectivity index (χ1) is 6.27. The summed E-state index contributed by atoms with van der Waals surface area (Å²) in [7, 11) is 0. The number of benzene rings is 1. The van der Waals surface area contributed by atoms with E-state index in [9.17, 15) is 0 Å². The summed E-state index contributed by atoms with van der Waals surface area (Å²) >= 11 is 0. The van der Waals surface area contributed by atoms with E-state index in [-0.39, 0.29) is 0 Å². The van der Waals surface area contributed by atoms with Gasteiger partial charge in [-0.3, -0.25) is 0 Å². The summed E-state index contributed by atoms with van der Waals surface area (Å²) in [4.78, 5) is 0. The Morgan fingerprint density at radius 1 is 1.15 bits per heavy atom. The van der Waals surface area contributed by atoms with Crippen molar-refractivity contribution in [2.75, 3.05) is 0 Å². The van der Waals surface area contributed by atoms with Gasteiger partial charge in [-0.05, 0) is 30.4 Å². The molecule has 1 aromatic carbocycles. The van der Waals surface area contributed by atoms with Crippen molar-refractivity contribution in [3.8, 4) is 0 Å². The van der Waals surface area contributed by atoms with Crippen molar-refractivity contribution < 1.29 is 0 Å². The fourth-order valence-electron chi connectivity index (χ4n) is 1.53. The molecule has 0 heterocycles. The molecule has 0 bridgehead atoms. The van der Waals surface area contributed by atoms with Gasteiger partial charge in [0.05, 0.1) is 0 Å². The Labute approximate surface area is 81.0 Å². The van der Waals surface area contributed by atoms with Crippen LogP contribution >= 0.6 is 0 Å². The second-order valence-electron chi connectivity index (χ2n) is 3.49. The van der Waals surface area contributed by atoms with Gasteiger partial charge in [-0.2, -0.15) is 0 Å². The van der Waals surface area contributed by atoms with Crippen LogP contribution in [0.15, 0.2) is 24.3 Å². The molecule has 1 atom stereocenters. The summed E-state index contributed by atoms with van der Waals surface area (Å²) in [6, 6.07) is 8.88. The molecule has 0 aliphatic rings. The fourth-order valence-corrected chi connectivity index (χ4v) is 1.53. The third-order valence-corrected chi connectivity index (χ3v) is 2.51. The average Bonchev–Trinajstić information content (AvgIpc) is 2.18. The second-order valence-corrected chi connectivity index (χ2v) is 3.49. The lowest BCUT2D eigenvalue weighted by molar-refractivity contribution is 0.643. The Kier molecular flexibility index (Phi) is 3.97. The van der Waals surface area contributed by atoms with Crippen LogP contribution in [-0.4, -0.2) is 6.04 Å². The fraction of sp³-hybridized carbons (Fsp3) is 0.500. The Morgan fingerprint density at radius 3 is 2.31 bits per heavy atom. The van der Waals surface area contributed by atoms with Gasteiger partial charge in [-0.1, -0.05) is 38.1 Å². The van der Waals surface area contributed by atoms with Crippen LogP contribution in [0.3, 0.4) is 0 Å². The van der Waals surface area contributed by atoms with Gasteiger partial charge in [0, 0.05) is 6.04 Å². The average molecular weight is 177 g/mol. The molecule has 13 heavy (non-hydrogen) atoms. The van der Waals surface area contributed by atoms with Gasteiger partial charge in [0.2, 0.25) is 0 Å². The zero-order valence-corrected chi connectivity index (χ0v) is 8.59. The quantitative estimate of drug-likeness (QED) is 0.751. The van der Waals surface area contributed by atoms with Crippen molar-refractivity contribution >= 4 is 0 Å². The molecule has 1 heteroatoms. The minimum Gasteiger partial charge on any atom is -0.327 e. The summed E-state index contributed by atoms with van der Waals surface area (Å²) in [5, 5.41) is 0. The van der Waals surface area contributed by atoms with Gasteiger partial charge in [0.15, 0.2) is 0 Å². The highest BCUT2D eigenvalue weighted by atomic mass is 14.6. The largest absolute Gasteiger partial charge is 0.327 e. The minimum absolute atomic E-state index is 0.313. The number of aryl methyl sites for hydroxylation is 1. The molecule has 0 fully saturated rings. The molecule has 1 aromatic rings. The van der Waals surface area contributed by atoms with Crippen LogP contribution in [0.25, 0.3) is 0 Å². The maximum atomic E-state index is 5.93. The van der Waals surface area contributed by atoms with Crippen LogP contribution in [0.4, 0.5) is 0 Å². The number of hydrogen-bond acceptors (Lipinski definition) is 1. The molecular weight excluding hydrogens is 158 g/mol. The topological polar surface area (TPSA) is 26.0 Å². The molecule has 1 rings (SSSR count). The first-order valence-corrected chi connectivity index (χ1v) is 5.10. The lowest BCUT2D eigenvalue weighted by Crippen LogP contribution is -2.21. The van der Waals surface area contributed by atoms with Crippen molar-refractivity contribution in [2.45, 2.75) is 39.2 Å². The smallest absolute Gasteiger partial charge is 0.00767 e. The molecule has 2 N–H and O–H groups in total. The lowest BCUT2D eigenvalue weighted by Gasteiger charge is -2.11. The number of nitrogens with two attached hydrogens (primary N) is 1. The number of rotatable bonds is 4. The van der Waals surface area contributed by atoms with Crippen LogP contribution in [-0.2, 0) is 12.8 Å². The van der Waals surface area contributed by atoms with Crippen molar-refractivity contribution in [2.24, 2.45) is 5.73 Å². The molecular formula is C12H19N. The maximum absolute atomic E-state index is 5.93. The molecule has 1 nitrogen and oxygen atoms in total. The zero-order chi connectivity index (χ0) is 9.68. The molecule has 0 spiro atoms. The van der Waals surface area contributed by atoms with Gasteiger partial charge in [-0.15, -0.1) is 0 Å². The van der Waals surface area contributed by atoms with Crippen molar-refractivity contribution in [3.63, 3.8) is 0 Å². The highest BCUT2D eigenvalue weighted by Crippen LogP contribution is 2.11. The van der Waals surface area contributed by atoms with E-state index in [1.54, 1.807) is 0 Å². The van der Waals surface area contributed by atoms with E-state index in [1.165, 1.54) is 11.1 Å². The minimum atomic E-state index is 0.313. The van der Waals surface area contributed by atoms with E-state index < -0.39 is 0 Å². The van der Waals surface area contributed by atoms with E-state index in [2.05, 4.69) is 38.1 Å². The van der Waals surface area contributed by atoms with Crippen molar-refractivity contribution in [3.05, 3.63) is 35.4 Å². The molecule has 0 saturated heterocycles. The van der Waals surface area contributed by atoms with E-state index in [0.717, 1.165) is 19.3 Å². The van der Waals surface area contributed by atoms with Crippen LogP contribution in [0.2, 0.25) is 0 Å². The summed E-state index contributed by atoms with van der Waals surface area (Å²) < 4.78 is 0. The molecule has 0 radical (unpaired) electrons. The summed E-state index contributed by atoms with van der Waals surface area (Å²) in [6.45, 7) is 4.33. The van der Waals surface area contributed by atoms with Crippen LogP contribution in [0.1, 0.15) is 31.4 Å². The molecule has 0 aliphatic carbocycles. The Bertz CT molecular complexity index is 255. The van der Waals surface area contributed by atoms with Gasteiger partial charge in [0.1, 0.15) is 0 Å². The third kappa shape index (κ3) is 2.85. The molecule has 0 aliphatic heterocycles. The lowest BCUT2D eigenvalue weighted by atomic mass is 9.98. The monoisotopic (exact) mass is 177 g/mol. The normalized spacial score (nSPS) is 12.8. The van der Waals surface area contributed by atoms with E-state index in [0.29, 0.717) is 6.04 Å². The van der Waals surface area contributed by atoms with Crippen molar-refractivity contribution in [1.82, 2.24) is 0 Å².